The van der Waals surface area contributed by atoms with Crippen molar-refractivity contribution in [3.63, 3.8) is 0 Å². The number of aromatic nitrogens is 8. The molecule has 0 aliphatic carbocycles. The van der Waals surface area contributed by atoms with Gasteiger partial charge in [0.25, 0.3) is 0 Å². The molecule has 0 fully saturated rings. The second-order valence-electron chi connectivity index (χ2n) is 26.4. The van der Waals surface area contributed by atoms with Crippen LogP contribution in [0.1, 0.15) is 11.1 Å². The van der Waals surface area contributed by atoms with Gasteiger partial charge in [-0.15, -0.1) is 0 Å². The normalized spacial score (nSPS) is 11.0. The zero-order chi connectivity index (χ0) is 74.7. The third-order valence-corrected chi connectivity index (χ3v) is 19.7. The highest BCUT2D eigenvalue weighted by Crippen LogP contribution is 2.39. The largest absolute Gasteiger partial charge is 0.488 e. The van der Waals surface area contributed by atoms with E-state index < -0.39 is 7.12 Å². The van der Waals surface area contributed by atoms with Gasteiger partial charge in [0.2, 0.25) is 0 Å². The lowest BCUT2D eigenvalue weighted by Crippen LogP contribution is -2.31. The van der Waals surface area contributed by atoms with E-state index in [1.165, 1.54) is 16.7 Å². The Balaban J connectivity index is 0.000000136. The van der Waals surface area contributed by atoms with Gasteiger partial charge in [-0.2, -0.15) is 0 Å². The number of benzene rings is 12. The fourth-order valence-corrected chi connectivity index (χ4v) is 14.1. The summed E-state index contributed by atoms with van der Waals surface area (Å²) in [4.78, 5) is 33.2. The van der Waals surface area contributed by atoms with E-state index >= 15 is 0 Å². The van der Waals surface area contributed by atoms with Crippen molar-refractivity contribution in [3.8, 4) is 90.3 Å². The van der Waals surface area contributed by atoms with Crippen LogP contribution in [0.2, 0.25) is 0 Å². The number of pyridine rings is 4. The molecule has 0 aliphatic rings. The summed E-state index contributed by atoms with van der Waals surface area (Å²) in [6.45, 7) is 4.05. The molecule has 12 aromatic carbocycles. The van der Waals surface area contributed by atoms with Crippen LogP contribution in [-0.4, -0.2) is 56.2 Å². The van der Waals surface area contributed by atoms with Crippen LogP contribution < -0.4 is 15.3 Å². The molecule has 0 saturated heterocycles. The molecule has 110 heavy (non-hydrogen) atoms. The van der Waals surface area contributed by atoms with E-state index in [0.29, 0.717) is 5.46 Å². The molecular formula is C96H72BBrN10O2. The van der Waals surface area contributed by atoms with Crippen molar-refractivity contribution < 1.29 is 10.0 Å². The number of halogens is 1. The molecule has 0 spiro atoms. The Labute approximate surface area is 647 Å². The summed E-state index contributed by atoms with van der Waals surface area (Å²) >= 11 is 3.42. The zero-order valence-electron chi connectivity index (χ0n) is 60.3. The highest BCUT2D eigenvalue weighted by molar-refractivity contribution is 9.10. The second kappa shape index (κ2) is 32.5. The predicted octanol–water partition coefficient (Wildman–Crippen LogP) is 23.0. The third-order valence-electron chi connectivity index (χ3n) is 19.3. The molecule has 0 amide bonds. The summed E-state index contributed by atoms with van der Waals surface area (Å²) in [6, 6.07) is 124. The molecule has 0 unspecified atom stereocenters. The molecule has 0 saturated carbocycles. The third kappa shape index (κ3) is 15.5. The van der Waals surface area contributed by atoms with Crippen LogP contribution in [0, 0.1) is 13.8 Å². The Morgan fingerprint density at radius 2 is 0.618 bits per heavy atom. The van der Waals surface area contributed by atoms with E-state index in [2.05, 4.69) is 241 Å². The fraction of sp³-hybridized carbons (Fsp3) is 0.0208. The number of anilines is 6. The van der Waals surface area contributed by atoms with Crippen LogP contribution >= 0.6 is 15.9 Å². The van der Waals surface area contributed by atoms with Gasteiger partial charge in [0.1, 0.15) is 11.4 Å². The van der Waals surface area contributed by atoms with Crippen LogP contribution in [-0.2, 0) is 0 Å². The summed E-state index contributed by atoms with van der Waals surface area (Å²) in [5.41, 5.74) is 27.4. The van der Waals surface area contributed by atoms with Crippen molar-refractivity contribution in [1.29, 1.82) is 0 Å². The maximum atomic E-state index is 9.43. The van der Waals surface area contributed by atoms with Gasteiger partial charge >= 0.3 is 7.12 Å². The number of hydrogen-bond donors (Lipinski definition) is 2. The molecule has 0 atom stereocenters. The summed E-state index contributed by atoms with van der Waals surface area (Å²) in [5, 5.41) is 18.9. The Morgan fingerprint density at radius 3 is 0.991 bits per heavy atom. The van der Waals surface area contributed by atoms with Gasteiger partial charge in [-0.1, -0.05) is 206 Å². The van der Waals surface area contributed by atoms with Crippen molar-refractivity contribution in [3.05, 3.63) is 404 Å². The Morgan fingerprint density at radius 1 is 0.291 bits per heavy atom. The standard InChI is InChI=1S/C48H35N5.C25H22BNO2.C23H15BrN4/c1-34-31-36(35-21-26-42(27-22-35)52(39-13-5-2-6-14-39)40-15-7-3-8-16-40)23-28-43(34)37-24-29-44(49-32-37)38-25-30-46(50-33-38)48-51-45-19-11-12-20-47(45)53(48)41-17-9-4-10-18-41;1-19-18-21(14-17-25(19)26(28)29)20-12-15-24(16-13-20)27(22-8-4-2-5-9-22)23-10-6-3-7-11-23;24-17-11-13-19(26-15-17)16-10-12-21(25-14-16)23-27-20-8-4-5-9-22(20)28(23)18-6-2-1-3-7-18/h2-33H,1H3;2-18,28-29H,1H3;1-15H. The number of imidazole rings is 2. The first-order valence-corrected chi connectivity index (χ1v) is 37.1. The van der Waals surface area contributed by atoms with Crippen LogP contribution in [0.25, 0.3) is 112 Å². The topological polar surface area (TPSA) is 134 Å². The highest BCUT2D eigenvalue weighted by atomic mass is 79.9. The summed E-state index contributed by atoms with van der Waals surface area (Å²) in [7, 11) is -1.45. The number of para-hydroxylation sites is 10. The van der Waals surface area contributed by atoms with Crippen LogP contribution in [0.15, 0.2) is 393 Å². The highest BCUT2D eigenvalue weighted by Gasteiger charge is 2.21. The minimum atomic E-state index is -1.45. The van der Waals surface area contributed by atoms with Gasteiger partial charge in [-0.25, -0.2) is 9.97 Å². The van der Waals surface area contributed by atoms with Gasteiger partial charge in [0.05, 0.1) is 33.5 Å². The maximum Gasteiger partial charge on any atom is 0.488 e. The summed E-state index contributed by atoms with van der Waals surface area (Å²) < 4.78 is 5.27. The van der Waals surface area contributed by atoms with E-state index in [-0.39, 0.29) is 0 Å². The first-order chi connectivity index (χ1) is 54.1. The zero-order valence-corrected chi connectivity index (χ0v) is 61.9. The molecular weight excluding hydrogens is 1420 g/mol. The molecule has 0 aliphatic heterocycles. The van der Waals surface area contributed by atoms with Gasteiger partial charge in [-0.3, -0.25) is 29.1 Å². The molecule has 528 valence electrons. The lowest BCUT2D eigenvalue weighted by molar-refractivity contribution is 0.425. The lowest BCUT2D eigenvalue weighted by atomic mass is 9.76. The second-order valence-corrected chi connectivity index (χ2v) is 27.3. The molecule has 0 bridgehead atoms. The SMILES string of the molecule is Brc1ccc(-c2ccc(-c3nc4ccccc4n3-c3ccccc3)nc2)nc1.Cc1cc(-c2ccc(N(c3ccccc3)c3ccccc3)cc2)ccc1-c1ccc(-c2ccc(-c3nc4ccccc4n3-c3ccccc3)nc2)nc1.Cc1cc(-c2ccc(N(c3ccccc3)c3ccccc3)cc2)ccc1B(O)O. The van der Waals surface area contributed by atoms with Gasteiger partial charge in [-0.05, 0) is 232 Å². The average molecular weight is 1490 g/mol. The smallest absolute Gasteiger partial charge is 0.423 e. The van der Waals surface area contributed by atoms with Crippen molar-refractivity contribution in [2.75, 3.05) is 9.80 Å². The molecule has 18 aromatic rings. The van der Waals surface area contributed by atoms with Crippen LogP contribution in [0.5, 0.6) is 0 Å². The minimum absolute atomic E-state index is 0.532. The first kappa shape index (κ1) is 70.6. The molecule has 12 nitrogen and oxygen atoms in total. The summed E-state index contributed by atoms with van der Waals surface area (Å²) in [6.07, 6.45) is 7.48. The van der Waals surface area contributed by atoms with Gasteiger partial charge < -0.3 is 19.8 Å². The average Bonchev–Trinajstić information content (AvgIpc) is 1.61. The fourth-order valence-electron chi connectivity index (χ4n) is 13.8. The number of rotatable bonds is 16. The lowest BCUT2D eigenvalue weighted by Gasteiger charge is -2.25. The molecule has 0 radical (unpaired) electrons. The van der Waals surface area contributed by atoms with Crippen LogP contribution in [0.4, 0.5) is 34.1 Å². The van der Waals surface area contributed by atoms with E-state index in [0.717, 1.165) is 145 Å². The summed E-state index contributed by atoms with van der Waals surface area (Å²) in [5.74, 6) is 1.63. The maximum absolute atomic E-state index is 9.43. The van der Waals surface area contributed by atoms with E-state index in [4.69, 9.17) is 24.9 Å². The molecule has 6 aromatic heterocycles. The number of hydrogen-bond acceptors (Lipinski definition) is 10. The minimum Gasteiger partial charge on any atom is -0.423 e. The molecule has 18 rings (SSSR count). The van der Waals surface area contributed by atoms with Crippen molar-refractivity contribution in [1.82, 2.24) is 39.0 Å². The molecule has 14 heteroatoms. The Bertz CT molecular complexity index is 6030. The van der Waals surface area contributed by atoms with E-state index in [1.54, 1.807) is 12.3 Å². The number of aryl methyl sites for hydroxylation is 2. The van der Waals surface area contributed by atoms with Gasteiger partial charge in [0, 0.05) is 91.4 Å². The molecule has 2 N–H and O–H groups in total. The monoisotopic (exact) mass is 1490 g/mol. The molecule has 6 heterocycles. The number of nitrogens with zero attached hydrogens (tertiary/aromatic N) is 10. The van der Waals surface area contributed by atoms with E-state index in [1.807, 2.05) is 189 Å². The van der Waals surface area contributed by atoms with Crippen molar-refractivity contribution in [2.45, 2.75) is 13.8 Å². The quantitative estimate of drug-likeness (QED) is 0.0901. The van der Waals surface area contributed by atoms with Crippen molar-refractivity contribution in [2.24, 2.45) is 0 Å². The Hall–Kier alpha value is -13.8. The first-order valence-electron chi connectivity index (χ1n) is 36.3. The predicted molar refractivity (Wildman–Crippen MR) is 454 cm³/mol. The van der Waals surface area contributed by atoms with Crippen LogP contribution in [0.3, 0.4) is 0 Å². The number of fused-ring (bicyclic) bond motifs is 2. The van der Waals surface area contributed by atoms with Gasteiger partial charge in [0.15, 0.2) is 11.6 Å². The Kier molecular flexibility index (Phi) is 20.9. The van der Waals surface area contributed by atoms with E-state index in [9.17, 15) is 10.0 Å². The van der Waals surface area contributed by atoms with Crippen molar-refractivity contribution >= 4 is 84.7 Å².